The first-order valence-electron chi connectivity index (χ1n) is 9.24. The Morgan fingerprint density at radius 2 is 1.96 bits per heavy atom. The van der Waals surface area contributed by atoms with Gasteiger partial charge in [-0.25, -0.2) is 14.4 Å². The van der Waals surface area contributed by atoms with Crippen LogP contribution in [0.3, 0.4) is 0 Å². The number of morpholine rings is 1. The number of para-hydroxylation sites is 1. The van der Waals surface area contributed by atoms with Crippen molar-refractivity contribution in [2.45, 2.75) is 13.5 Å². The number of rotatable bonds is 4. The average molecular weight is 380 g/mol. The number of carbonyl (C=O) groups excluding carboxylic acids is 1. The van der Waals surface area contributed by atoms with Crippen molar-refractivity contribution in [2.24, 2.45) is 0 Å². The highest BCUT2D eigenvalue weighted by Gasteiger charge is 2.15. The minimum atomic E-state index is -0.392. The lowest BCUT2D eigenvalue weighted by Gasteiger charge is -2.28. The molecule has 1 aliphatic heterocycles. The number of hydrogen-bond acceptors (Lipinski definition) is 5. The molecule has 0 spiro atoms. The topological polar surface area (TPSA) is 67.4 Å². The molecule has 0 radical (unpaired) electrons. The van der Waals surface area contributed by atoms with Crippen molar-refractivity contribution in [2.75, 3.05) is 31.2 Å². The van der Waals surface area contributed by atoms with Gasteiger partial charge >= 0.3 is 0 Å². The number of halogens is 1. The number of amides is 1. The lowest BCUT2D eigenvalue weighted by atomic mass is 10.1. The largest absolute Gasteiger partial charge is 0.378 e. The van der Waals surface area contributed by atoms with Crippen LogP contribution in [-0.2, 0) is 11.3 Å². The van der Waals surface area contributed by atoms with E-state index in [1.807, 2.05) is 18.2 Å². The minimum Gasteiger partial charge on any atom is -0.378 e. The molecule has 28 heavy (non-hydrogen) atoms. The van der Waals surface area contributed by atoms with Gasteiger partial charge in [-0.3, -0.25) is 4.79 Å². The van der Waals surface area contributed by atoms with E-state index in [4.69, 9.17) is 4.74 Å². The lowest BCUT2D eigenvalue weighted by molar-refractivity contribution is 0.0949. The maximum atomic E-state index is 13.9. The van der Waals surface area contributed by atoms with E-state index >= 15 is 0 Å². The number of aromatic nitrogens is 2. The lowest BCUT2D eigenvalue weighted by Crippen LogP contribution is -2.37. The predicted octanol–water partition coefficient (Wildman–Crippen LogP) is 2.84. The van der Waals surface area contributed by atoms with Crippen LogP contribution in [0.4, 0.5) is 10.2 Å². The number of benzene rings is 1. The van der Waals surface area contributed by atoms with E-state index in [0.29, 0.717) is 36.4 Å². The van der Waals surface area contributed by atoms with E-state index in [9.17, 15) is 9.18 Å². The fourth-order valence-electron chi connectivity index (χ4n) is 3.28. The molecule has 1 aromatic carbocycles. The second kappa shape index (κ2) is 7.90. The van der Waals surface area contributed by atoms with Crippen LogP contribution < -0.4 is 10.2 Å². The van der Waals surface area contributed by atoms with E-state index in [1.165, 1.54) is 6.07 Å². The smallest absolute Gasteiger partial charge is 0.253 e. The fraction of sp³-hybridized carbons (Fsp3) is 0.286. The number of nitrogens with zero attached hydrogens (tertiary/aromatic N) is 3. The zero-order chi connectivity index (χ0) is 19.5. The summed E-state index contributed by atoms with van der Waals surface area (Å²) in [6, 6.07) is 12.2. The summed E-state index contributed by atoms with van der Waals surface area (Å²) in [5.41, 5.74) is 1.97. The first-order chi connectivity index (χ1) is 13.6. The van der Waals surface area contributed by atoms with Crippen molar-refractivity contribution in [1.82, 2.24) is 15.3 Å². The molecule has 3 heterocycles. The number of pyridine rings is 2. The van der Waals surface area contributed by atoms with Gasteiger partial charge in [0.05, 0.1) is 36.7 Å². The maximum Gasteiger partial charge on any atom is 0.253 e. The predicted molar refractivity (Wildman–Crippen MR) is 105 cm³/mol. The molecular formula is C21H21FN4O2. The molecule has 1 amide bonds. The van der Waals surface area contributed by atoms with Gasteiger partial charge < -0.3 is 15.0 Å². The molecular weight excluding hydrogens is 359 g/mol. The highest BCUT2D eigenvalue weighted by Crippen LogP contribution is 2.19. The number of hydrogen-bond donors (Lipinski definition) is 1. The van der Waals surface area contributed by atoms with Gasteiger partial charge in [-0.15, -0.1) is 0 Å². The van der Waals surface area contributed by atoms with Gasteiger partial charge in [0.1, 0.15) is 17.2 Å². The molecule has 3 aromatic rings. The molecule has 4 rings (SSSR count). The number of aryl methyl sites for hydroxylation is 1. The van der Waals surface area contributed by atoms with Crippen LogP contribution in [0.1, 0.15) is 21.7 Å². The Morgan fingerprint density at radius 1 is 1.18 bits per heavy atom. The summed E-state index contributed by atoms with van der Waals surface area (Å²) < 4.78 is 19.2. The van der Waals surface area contributed by atoms with Gasteiger partial charge in [-0.05, 0) is 31.2 Å². The third kappa shape index (κ3) is 3.80. The summed E-state index contributed by atoms with van der Waals surface area (Å²) in [6.07, 6.45) is 0. The second-order valence-electron chi connectivity index (χ2n) is 6.70. The molecule has 0 atom stereocenters. The number of ether oxygens (including phenoxy) is 1. The minimum absolute atomic E-state index is 0.255. The van der Waals surface area contributed by atoms with Crippen molar-refractivity contribution >= 4 is 22.6 Å². The Hall–Kier alpha value is -3.06. The van der Waals surface area contributed by atoms with Crippen LogP contribution in [0.2, 0.25) is 0 Å². The monoisotopic (exact) mass is 380 g/mol. The normalized spacial score (nSPS) is 14.3. The van der Waals surface area contributed by atoms with Gasteiger partial charge in [0.15, 0.2) is 0 Å². The highest BCUT2D eigenvalue weighted by molar-refractivity contribution is 5.98. The van der Waals surface area contributed by atoms with Crippen molar-refractivity contribution in [3.8, 4) is 0 Å². The molecule has 144 valence electrons. The Morgan fingerprint density at radius 3 is 2.79 bits per heavy atom. The van der Waals surface area contributed by atoms with Crippen LogP contribution >= 0.6 is 0 Å². The number of fused-ring (bicyclic) bond motifs is 1. The molecule has 1 saturated heterocycles. The first-order valence-corrected chi connectivity index (χ1v) is 9.24. The van der Waals surface area contributed by atoms with Crippen LogP contribution in [0.25, 0.3) is 10.9 Å². The molecule has 0 bridgehead atoms. The molecule has 2 aromatic heterocycles. The SMILES string of the molecule is Cc1nc2c(F)cccc2cc1C(=O)NCc1cccc(N2CCOCC2)n1. The maximum absolute atomic E-state index is 13.9. The van der Waals surface area contributed by atoms with Crippen molar-refractivity contribution in [3.63, 3.8) is 0 Å². The van der Waals surface area contributed by atoms with Gasteiger partial charge in [0.25, 0.3) is 5.91 Å². The van der Waals surface area contributed by atoms with Gasteiger partial charge in [0, 0.05) is 18.5 Å². The molecule has 0 unspecified atom stereocenters. The Labute approximate surface area is 162 Å². The Bertz CT molecular complexity index is 1020. The molecule has 0 saturated carbocycles. The third-order valence-electron chi connectivity index (χ3n) is 4.79. The van der Waals surface area contributed by atoms with E-state index in [-0.39, 0.29) is 11.4 Å². The van der Waals surface area contributed by atoms with Crippen molar-refractivity contribution < 1.29 is 13.9 Å². The summed E-state index contributed by atoms with van der Waals surface area (Å²) in [5, 5.41) is 3.49. The van der Waals surface area contributed by atoms with E-state index < -0.39 is 5.82 Å². The van der Waals surface area contributed by atoms with Crippen LogP contribution in [0.15, 0.2) is 42.5 Å². The highest BCUT2D eigenvalue weighted by atomic mass is 19.1. The summed E-state index contributed by atoms with van der Waals surface area (Å²) in [4.78, 5) is 23.7. The summed E-state index contributed by atoms with van der Waals surface area (Å²) in [7, 11) is 0. The molecule has 7 heteroatoms. The fourth-order valence-corrected chi connectivity index (χ4v) is 3.28. The van der Waals surface area contributed by atoms with E-state index in [0.717, 1.165) is 24.6 Å². The zero-order valence-electron chi connectivity index (χ0n) is 15.6. The molecule has 0 aliphatic carbocycles. The summed E-state index contributed by atoms with van der Waals surface area (Å²) in [5.74, 6) is 0.237. The summed E-state index contributed by atoms with van der Waals surface area (Å²) in [6.45, 7) is 5.01. The molecule has 1 aliphatic rings. The van der Waals surface area contributed by atoms with E-state index in [1.54, 1.807) is 25.1 Å². The van der Waals surface area contributed by atoms with Crippen molar-refractivity contribution in [1.29, 1.82) is 0 Å². The average Bonchev–Trinajstić information content (AvgIpc) is 2.73. The quantitative estimate of drug-likeness (QED) is 0.754. The van der Waals surface area contributed by atoms with Gasteiger partial charge in [-0.2, -0.15) is 0 Å². The zero-order valence-corrected chi connectivity index (χ0v) is 15.6. The molecule has 1 fully saturated rings. The second-order valence-corrected chi connectivity index (χ2v) is 6.70. The summed E-state index contributed by atoms with van der Waals surface area (Å²) >= 11 is 0. The van der Waals surface area contributed by atoms with Gasteiger partial charge in [-0.1, -0.05) is 18.2 Å². The van der Waals surface area contributed by atoms with Crippen molar-refractivity contribution in [3.05, 3.63) is 65.2 Å². The van der Waals surface area contributed by atoms with Crippen LogP contribution in [0.5, 0.6) is 0 Å². The van der Waals surface area contributed by atoms with E-state index in [2.05, 4.69) is 20.2 Å². The Balaban J connectivity index is 1.49. The standard InChI is InChI=1S/C21H21FN4O2/c1-14-17(12-15-4-2-6-18(22)20(15)24-14)21(27)23-13-16-5-3-7-19(25-16)26-8-10-28-11-9-26/h2-7,12H,8-11,13H2,1H3,(H,23,27). The van der Waals surface area contributed by atoms with Crippen LogP contribution in [-0.4, -0.2) is 42.2 Å². The number of carbonyl (C=O) groups is 1. The number of nitrogens with one attached hydrogen (secondary N) is 1. The Kier molecular flexibility index (Phi) is 5.16. The van der Waals surface area contributed by atoms with Gasteiger partial charge in [0.2, 0.25) is 0 Å². The first kappa shape index (κ1) is 18.3. The molecule has 1 N–H and O–H groups in total. The van der Waals surface area contributed by atoms with Crippen LogP contribution in [0, 0.1) is 12.7 Å². The third-order valence-corrected chi connectivity index (χ3v) is 4.79. The number of anilines is 1. The molecule has 6 nitrogen and oxygen atoms in total.